The number of ether oxygens (including phenoxy) is 1. The highest BCUT2D eigenvalue weighted by molar-refractivity contribution is 7.18. The Bertz CT molecular complexity index is 1160. The second-order valence-corrected chi connectivity index (χ2v) is 8.44. The van der Waals surface area contributed by atoms with Crippen molar-refractivity contribution < 1.29 is 19.2 Å². The molecule has 0 unspecified atom stereocenters. The maximum Gasteiger partial charge on any atom is 0.491 e. The zero-order valence-electron chi connectivity index (χ0n) is 18.7. The number of nitrogens with one attached hydrogen (secondary N) is 1. The van der Waals surface area contributed by atoms with Gasteiger partial charge in [-0.25, -0.2) is 15.0 Å². The van der Waals surface area contributed by atoms with Gasteiger partial charge in [-0.05, 0) is 42.4 Å². The number of unbranched alkanes of at least 4 members (excludes halogenated alkanes) is 1. The molecule has 0 saturated carbocycles. The highest BCUT2D eigenvalue weighted by Gasteiger charge is 2.26. The van der Waals surface area contributed by atoms with E-state index in [4.69, 9.17) is 9.39 Å². The van der Waals surface area contributed by atoms with E-state index in [0.717, 1.165) is 34.1 Å². The summed E-state index contributed by atoms with van der Waals surface area (Å²) in [7, 11) is 0.811. The smallest absolute Gasteiger partial charge is 0.423 e. The van der Waals surface area contributed by atoms with E-state index < -0.39 is 7.12 Å². The molecule has 0 radical (unpaired) electrons. The van der Waals surface area contributed by atoms with Crippen LogP contribution in [-0.2, 0) is 16.0 Å². The number of aromatic nitrogens is 2. The van der Waals surface area contributed by atoms with Crippen LogP contribution in [0.2, 0.25) is 0 Å². The molecule has 33 heavy (non-hydrogen) atoms. The summed E-state index contributed by atoms with van der Waals surface area (Å²) in [4.78, 5) is 21.5. The maximum atomic E-state index is 12.7. The van der Waals surface area contributed by atoms with Crippen LogP contribution in [0.4, 0.5) is 5.82 Å². The van der Waals surface area contributed by atoms with E-state index in [0.29, 0.717) is 43.2 Å². The molecule has 2 aromatic heterocycles. The molecular formula is C22H26BN5O4S. The molecule has 3 heterocycles. The molecule has 4 rings (SSSR count). The third kappa shape index (κ3) is 5.22. The molecular weight excluding hydrogens is 441 g/mol. The molecule has 1 amide bonds. The van der Waals surface area contributed by atoms with Crippen molar-refractivity contribution in [2.45, 2.75) is 26.4 Å². The lowest BCUT2D eigenvalue weighted by molar-refractivity contribution is 0.0953. The molecule has 1 aliphatic heterocycles. The number of thiophene rings is 1. The van der Waals surface area contributed by atoms with Gasteiger partial charge < -0.3 is 19.7 Å². The topological polar surface area (TPSA) is 109 Å². The number of hydrogen-bond donors (Lipinski definition) is 2. The molecule has 11 heteroatoms. The Kier molecular flexibility index (Phi) is 7.66. The van der Waals surface area contributed by atoms with Gasteiger partial charge in [-0.15, -0.1) is 11.3 Å². The first-order valence-electron chi connectivity index (χ1n) is 10.9. The van der Waals surface area contributed by atoms with E-state index in [1.165, 1.54) is 17.7 Å². The molecule has 0 fully saturated rings. The van der Waals surface area contributed by atoms with Crippen molar-refractivity contribution in [2.24, 2.45) is 5.10 Å². The number of carbonyl (C=O) groups is 1. The zero-order chi connectivity index (χ0) is 23.2. The molecule has 0 atom stereocenters. The van der Waals surface area contributed by atoms with Crippen molar-refractivity contribution in [3.63, 3.8) is 0 Å². The summed E-state index contributed by atoms with van der Waals surface area (Å²) in [5.74, 6) is 0.514. The average Bonchev–Trinajstić information content (AvgIpc) is 3.43. The monoisotopic (exact) mass is 467 g/mol. The quantitative estimate of drug-likeness (QED) is 0.203. The maximum absolute atomic E-state index is 12.7. The molecule has 0 saturated heterocycles. The molecule has 0 aliphatic carbocycles. The molecule has 3 aromatic rings. The minimum atomic E-state index is -0.858. The Morgan fingerprint density at radius 2 is 2.30 bits per heavy atom. The number of fused-ring (bicyclic) bond motifs is 2. The molecule has 2 N–H and O–H groups in total. The van der Waals surface area contributed by atoms with Crippen LogP contribution in [0, 0.1) is 0 Å². The fraction of sp³-hybridized carbons (Fsp3) is 0.364. The van der Waals surface area contributed by atoms with Crippen LogP contribution in [0.25, 0.3) is 10.2 Å². The molecule has 0 bridgehead atoms. The molecule has 1 aliphatic rings. The van der Waals surface area contributed by atoms with Crippen molar-refractivity contribution in [3.8, 4) is 0 Å². The summed E-state index contributed by atoms with van der Waals surface area (Å²) in [6.45, 7) is 4.23. The number of methoxy groups -OCH3 is 1. The van der Waals surface area contributed by atoms with Gasteiger partial charge in [0.15, 0.2) is 5.82 Å². The predicted octanol–water partition coefficient (Wildman–Crippen LogP) is 1.93. The standard InChI is InChI=1S/C22H26BN5O4S/c1-3-28(27-11-15-6-7-18-16(10-15)12-32-23(18)30)21-20-19(25-14-26-21)17(13-33-20)22(29)24-8-4-5-9-31-2/h6-7,10-11,13-14,30H,3-5,8-9,12H2,1-2H3,(H,24,29)/b27-11+. The fourth-order valence-corrected chi connectivity index (χ4v) is 4.60. The summed E-state index contributed by atoms with van der Waals surface area (Å²) in [5.41, 5.74) is 3.81. The van der Waals surface area contributed by atoms with Gasteiger partial charge in [0.2, 0.25) is 0 Å². The Morgan fingerprint density at radius 3 is 3.12 bits per heavy atom. The van der Waals surface area contributed by atoms with Crippen LogP contribution in [0.15, 0.2) is 35.0 Å². The van der Waals surface area contributed by atoms with Crippen LogP contribution in [0.3, 0.4) is 0 Å². The second-order valence-electron chi connectivity index (χ2n) is 7.56. The van der Waals surface area contributed by atoms with Gasteiger partial charge in [0.25, 0.3) is 5.91 Å². The number of hydrogen-bond acceptors (Lipinski definition) is 9. The Labute approximate surface area is 196 Å². The fourth-order valence-electron chi connectivity index (χ4n) is 3.60. The number of rotatable bonds is 10. The van der Waals surface area contributed by atoms with Crippen LogP contribution >= 0.6 is 11.3 Å². The molecule has 9 nitrogen and oxygen atoms in total. The van der Waals surface area contributed by atoms with Crippen LogP contribution in [0.5, 0.6) is 0 Å². The highest BCUT2D eigenvalue weighted by Crippen LogP contribution is 2.31. The van der Waals surface area contributed by atoms with E-state index in [1.807, 2.05) is 30.5 Å². The van der Waals surface area contributed by atoms with Crippen molar-refractivity contribution in [2.75, 3.05) is 31.8 Å². The Balaban J connectivity index is 1.51. The first kappa shape index (κ1) is 23.3. The van der Waals surface area contributed by atoms with Crippen molar-refractivity contribution in [3.05, 3.63) is 46.6 Å². The minimum absolute atomic E-state index is 0.141. The van der Waals surface area contributed by atoms with E-state index in [2.05, 4.69) is 20.4 Å². The predicted molar refractivity (Wildman–Crippen MR) is 130 cm³/mol. The van der Waals surface area contributed by atoms with E-state index in [9.17, 15) is 9.82 Å². The number of anilines is 1. The summed E-state index contributed by atoms with van der Waals surface area (Å²) < 4.78 is 11.1. The van der Waals surface area contributed by atoms with Gasteiger partial charge in [-0.2, -0.15) is 5.10 Å². The third-order valence-electron chi connectivity index (χ3n) is 5.36. The van der Waals surface area contributed by atoms with Crippen molar-refractivity contribution in [1.29, 1.82) is 0 Å². The normalized spacial score (nSPS) is 13.1. The average molecular weight is 467 g/mol. The van der Waals surface area contributed by atoms with Gasteiger partial charge in [-0.3, -0.25) is 4.79 Å². The largest absolute Gasteiger partial charge is 0.491 e. The van der Waals surface area contributed by atoms with Gasteiger partial charge >= 0.3 is 7.12 Å². The van der Waals surface area contributed by atoms with Crippen molar-refractivity contribution >= 4 is 52.1 Å². The molecule has 0 spiro atoms. The number of nitrogens with zero attached hydrogens (tertiary/aromatic N) is 4. The van der Waals surface area contributed by atoms with E-state index in [-0.39, 0.29) is 5.91 Å². The van der Waals surface area contributed by atoms with Gasteiger partial charge in [0.05, 0.1) is 28.6 Å². The van der Waals surface area contributed by atoms with Gasteiger partial charge in [0, 0.05) is 32.2 Å². The lowest BCUT2D eigenvalue weighted by Crippen LogP contribution is -2.27. The Hall–Kier alpha value is -2.86. The van der Waals surface area contributed by atoms with Crippen LogP contribution in [0.1, 0.15) is 41.3 Å². The van der Waals surface area contributed by atoms with Gasteiger partial charge in [-0.1, -0.05) is 12.1 Å². The number of hydrazone groups is 1. The molecule has 172 valence electrons. The van der Waals surface area contributed by atoms with Gasteiger partial charge in [0.1, 0.15) is 6.33 Å². The Morgan fingerprint density at radius 1 is 1.42 bits per heavy atom. The van der Waals surface area contributed by atoms with E-state index >= 15 is 0 Å². The summed E-state index contributed by atoms with van der Waals surface area (Å²) in [6, 6.07) is 5.70. The SMILES string of the molecule is CCN(/N=C/c1ccc2c(c1)COB2O)c1ncnc2c(C(=O)NCCCCOC)csc12. The third-order valence-corrected chi connectivity index (χ3v) is 6.33. The summed E-state index contributed by atoms with van der Waals surface area (Å²) in [5, 5.41) is 21.0. The lowest BCUT2D eigenvalue weighted by atomic mass is 9.79. The highest BCUT2D eigenvalue weighted by atomic mass is 32.1. The summed E-state index contributed by atoms with van der Waals surface area (Å²) >= 11 is 1.43. The molecule has 1 aromatic carbocycles. The number of amides is 1. The first-order valence-corrected chi connectivity index (χ1v) is 11.7. The number of carbonyl (C=O) groups excluding carboxylic acids is 1. The minimum Gasteiger partial charge on any atom is -0.423 e. The van der Waals surface area contributed by atoms with Crippen LogP contribution in [-0.4, -0.2) is 61.0 Å². The zero-order valence-corrected chi connectivity index (χ0v) is 19.5. The van der Waals surface area contributed by atoms with Crippen molar-refractivity contribution in [1.82, 2.24) is 15.3 Å². The summed E-state index contributed by atoms with van der Waals surface area (Å²) in [6.07, 6.45) is 4.97. The first-order chi connectivity index (χ1) is 16.1. The second kappa shape index (κ2) is 10.8. The van der Waals surface area contributed by atoms with E-state index in [1.54, 1.807) is 18.3 Å². The lowest BCUT2D eigenvalue weighted by Gasteiger charge is -2.16. The number of benzene rings is 1. The van der Waals surface area contributed by atoms with Crippen LogP contribution < -0.4 is 15.8 Å².